The maximum atomic E-state index is 11.3. The average Bonchev–Trinajstić information content (AvgIpc) is 2.61. The van der Waals surface area contributed by atoms with Crippen LogP contribution in [0, 0.1) is 12.8 Å². The molecule has 1 aromatic heterocycles. The van der Waals surface area contributed by atoms with Gasteiger partial charge in [-0.1, -0.05) is 19.0 Å². The maximum absolute atomic E-state index is 11.3. The molecule has 0 aliphatic heterocycles. The van der Waals surface area contributed by atoms with Crippen molar-refractivity contribution < 1.29 is 9.32 Å². The second-order valence-corrected chi connectivity index (χ2v) is 4.02. The Kier molecular flexibility index (Phi) is 4.75. The molecule has 0 radical (unpaired) electrons. The van der Waals surface area contributed by atoms with Crippen molar-refractivity contribution in [1.82, 2.24) is 15.5 Å². The summed E-state index contributed by atoms with van der Waals surface area (Å²) in [6.07, 6.45) is 0.397. The average molecular weight is 226 g/mol. The topological polar surface area (TPSA) is 80.0 Å². The van der Waals surface area contributed by atoms with Crippen LogP contribution in [0.2, 0.25) is 0 Å². The van der Waals surface area contributed by atoms with E-state index in [0.717, 1.165) is 0 Å². The van der Waals surface area contributed by atoms with Gasteiger partial charge < -0.3 is 15.2 Å². The first kappa shape index (κ1) is 12.5. The minimum absolute atomic E-state index is 0.0254. The third-order valence-corrected chi connectivity index (χ3v) is 1.86. The highest BCUT2D eigenvalue weighted by Gasteiger charge is 2.04. The minimum atomic E-state index is 0.0254. The summed E-state index contributed by atoms with van der Waals surface area (Å²) in [5.74, 6) is 1.07. The Hall–Kier alpha value is -1.59. The fourth-order valence-electron chi connectivity index (χ4n) is 1.06. The van der Waals surface area contributed by atoms with Gasteiger partial charge in [-0.15, -0.1) is 0 Å². The van der Waals surface area contributed by atoms with Crippen LogP contribution in [0.15, 0.2) is 4.52 Å². The number of nitrogens with one attached hydrogen (secondary N) is 2. The number of aryl methyl sites for hydroxylation is 1. The van der Waals surface area contributed by atoms with Crippen molar-refractivity contribution in [3.05, 3.63) is 5.82 Å². The molecule has 0 aliphatic carbocycles. The monoisotopic (exact) mass is 226 g/mol. The summed E-state index contributed by atoms with van der Waals surface area (Å²) in [5.41, 5.74) is 0. The van der Waals surface area contributed by atoms with Crippen molar-refractivity contribution in [1.29, 1.82) is 0 Å². The number of carbonyl (C=O) groups is 1. The van der Waals surface area contributed by atoms with E-state index >= 15 is 0 Å². The molecule has 0 spiro atoms. The highest BCUT2D eigenvalue weighted by molar-refractivity contribution is 5.76. The first-order valence-corrected chi connectivity index (χ1v) is 5.39. The van der Waals surface area contributed by atoms with E-state index in [2.05, 4.69) is 34.6 Å². The Balaban J connectivity index is 2.13. The fourth-order valence-corrected chi connectivity index (χ4v) is 1.06. The van der Waals surface area contributed by atoms with Crippen LogP contribution in [-0.4, -0.2) is 29.1 Å². The van der Waals surface area contributed by atoms with Gasteiger partial charge in [-0.25, -0.2) is 0 Å². The Morgan fingerprint density at radius 1 is 1.50 bits per heavy atom. The van der Waals surface area contributed by atoms with Gasteiger partial charge in [0.25, 0.3) is 0 Å². The van der Waals surface area contributed by atoms with Gasteiger partial charge in [0.1, 0.15) is 0 Å². The first-order chi connectivity index (χ1) is 7.58. The van der Waals surface area contributed by atoms with Gasteiger partial charge in [0.15, 0.2) is 5.82 Å². The van der Waals surface area contributed by atoms with Crippen molar-refractivity contribution in [3.8, 4) is 0 Å². The summed E-state index contributed by atoms with van der Waals surface area (Å²) < 4.78 is 4.84. The molecule has 16 heavy (non-hydrogen) atoms. The zero-order valence-corrected chi connectivity index (χ0v) is 9.91. The molecule has 0 saturated heterocycles. The molecule has 0 atom stereocenters. The normalized spacial score (nSPS) is 10.5. The van der Waals surface area contributed by atoms with Crippen LogP contribution < -0.4 is 10.6 Å². The summed E-state index contributed by atoms with van der Waals surface area (Å²) in [6.45, 7) is 7.05. The molecular weight excluding hydrogens is 208 g/mol. The lowest BCUT2D eigenvalue weighted by Crippen LogP contribution is -2.28. The van der Waals surface area contributed by atoms with Crippen molar-refractivity contribution >= 4 is 11.9 Å². The third-order valence-electron chi connectivity index (χ3n) is 1.86. The fraction of sp³-hybridized carbons (Fsp3) is 0.700. The summed E-state index contributed by atoms with van der Waals surface area (Å²) in [4.78, 5) is 15.3. The van der Waals surface area contributed by atoms with Crippen LogP contribution >= 0.6 is 0 Å². The Bertz CT molecular complexity index is 335. The van der Waals surface area contributed by atoms with E-state index in [4.69, 9.17) is 4.52 Å². The summed E-state index contributed by atoms with van der Waals surface area (Å²) in [5, 5.41) is 9.34. The lowest BCUT2D eigenvalue weighted by Gasteiger charge is -2.07. The lowest BCUT2D eigenvalue weighted by atomic mass is 10.2. The lowest BCUT2D eigenvalue weighted by molar-refractivity contribution is -0.120. The number of carbonyl (C=O) groups excluding carboxylic acids is 1. The largest absolute Gasteiger partial charge is 0.356 e. The molecule has 1 heterocycles. The van der Waals surface area contributed by atoms with Crippen molar-refractivity contribution in [3.63, 3.8) is 0 Å². The van der Waals surface area contributed by atoms with E-state index < -0.39 is 0 Å². The molecule has 1 amide bonds. The highest BCUT2D eigenvalue weighted by atomic mass is 16.5. The molecule has 0 bridgehead atoms. The standard InChI is InChI=1S/C10H18N4O2/c1-7(2)6-12-9(15)4-5-11-10-13-8(3)14-16-10/h7H,4-6H2,1-3H3,(H,12,15)(H,11,13,14). The number of amides is 1. The van der Waals surface area contributed by atoms with Gasteiger partial charge in [0.05, 0.1) is 0 Å². The third kappa shape index (κ3) is 4.77. The minimum Gasteiger partial charge on any atom is -0.356 e. The zero-order chi connectivity index (χ0) is 12.0. The molecule has 1 aromatic rings. The van der Waals surface area contributed by atoms with Gasteiger partial charge >= 0.3 is 6.01 Å². The van der Waals surface area contributed by atoms with Gasteiger partial charge in [-0.2, -0.15) is 4.98 Å². The van der Waals surface area contributed by atoms with E-state index in [0.29, 0.717) is 37.3 Å². The Morgan fingerprint density at radius 3 is 2.81 bits per heavy atom. The molecule has 0 aliphatic rings. The molecule has 6 heteroatoms. The first-order valence-electron chi connectivity index (χ1n) is 5.39. The second-order valence-electron chi connectivity index (χ2n) is 4.02. The number of aromatic nitrogens is 2. The van der Waals surface area contributed by atoms with Gasteiger partial charge in [0, 0.05) is 19.5 Å². The molecule has 2 N–H and O–H groups in total. The Labute approximate surface area is 94.8 Å². The van der Waals surface area contributed by atoms with Crippen LogP contribution in [0.5, 0.6) is 0 Å². The molecule has 0 aromatic carbocycles. The van der Waals surface area contributed by atoms with E-state index in [1.807, 2.05) is 0 Å². The van der Waals surface area contributed by atoms with Crippen LogP contribution in [0.3, 0.4) is 0 Å². The number of hydrogen-bond acceptors (Lipinski definition) is 5. The van der Waals surface area contributed by atoms with E-state index in [-0.39, 0.29) is 5.91 Å². The predicted molar refractivity (Wildman–Crippen MR) is 60.0 cm³/mol. The second kappa shape index (κ2) is 6.09. The summed E-state index contributed by atoms with van der Waals surface area (Å²) in [6, 6.07) is 0.356. The quantitative estimate of drug-likeness (QED) is 0.755. The van der Waals surface area contributed by atoms with Gasteiger partial charge in [-0.3, -0.25) is 4.79 Å². The maximum Gasteiger partial charge on any atom is 0.321 e. The summed E-state index contributed by atoms with van der Waals surface area (Å²) >= 11 is 0. The van der Waals surface area contributed by atoms with Crippen LogP contribution in [0.4, 0.5) is 6.01 Å². The number of anilines is 1. The molecule has 0 unspecified atom stereocenters. The molecular formula is C10H18N4O2. The van der Waals surface area contributed by atoms with Gasteiger partial charge in [0.2, 0.25) is 5.91 Å². The van der Waals surface area contributed by atoms with Crippen molar-refractivity contribution in [2.75, 3.05) is 18.4 Å². The molecule has 0 fully saturated rings. The number of nitrogens with zero attached hydrogens (tertiary/aromatic N) is 2. The van der Waals surface area contributed by atoms with Gasteiger partial charge in [-0.05, 0) is 12.8 Å². The van der Waals surface area contributed by atoms with Crippen molar-refractivity contribution in [2.45, 2.75) is 27.2 Å². The van der Waals surface area contributed by atoms with Crippen LogP contribution in [0.25, 0.3) is 0 Å². The molecule has 90 valence electrons. The Morgan fingerprint density at radius 2 is 2.25 bits per heavy atom. The number of hydrogen-bond donors (Lipinski definition) is 2. The predicted octanol–water partition coefficient (Wildman–Crippen LogP) is 0.952. The van der Waals surface area contributed by atoms with E-state index in [1.165, 1.54) is 0 Å². The molecule has 6 nitrogen and oxygen atoms in total. The van der Waals surface area contributed by atoms with Crippen LogP contribution in [-0.2, 0) is 4.79 Å². The van der Waals surface area contributed by atoms with E-state index in [9.17, 15) is 4.79 Å². The van der Waals surface area contributed by atoms with Crippen LogP contribution in [0.1, 0.15) is 26.1 Å². The van der Waals surface area contributed by atoms with E-state index in [1.54, 1.807) is 6.92 Å². The smallest absolute Gasteiger partial charge is 0.321 e. The molecule has 0 saturated carbocycles. The molecule has 1 rings (SSSR count). The summed E-state index contributed by atoms with van der Waals surface area (Å²) in [7, 11) is 0. The zero-order valence-electron chi connectivity index (χ0n) is 9.91. The highest BCUT2D eigenvalue weighted by Crippen LogP contribution is 2.01. The number of rotatable bonds is 6. The SMILES string of the molecule is Cc1noc(NCCC(=O)NCC(C)C)n1. The van der Waals surface area contributed by atoms with Crippen molar-refractivity contribution in [2.24, 2.45) is 5.92 Å².